The molecule has 1 saturated heterocycles. The number of hydrogen-bond acceptors (Lipinski definition) is 8. The molecule has 1 heterocycles. The first-order valence-electron chi connectivity index (χ1n) is 8.86. The van der Waals surface area contributed by atoms with Crippen LogP contribution in [0.15, 0.2) is 58.3 Å². The fraction of sp³-hybridized carbons (Fsp3) is 0.368. The monoisotopic (exact) mass is 442 g/mol. The summed E-state index contributed by atoms with van der Waals surface area (Å²) in [6.07, 6.45) is -3.59. The molecule has 0 spiro atoms. The van der Waals surface area contributed by atoms with Gasteiger partial charge in [0, 0.05) is 6.42 Å². The Morgan fingerprint density at radius 3 is 1.90 bits per heavy atom. The van der Waals surface area contributed by atoms with Gasteiger partial charge in [0.05, 0.1) is 16.4 Å². The molecule has 3 atom stereocenters. The minimum atomic E-state index is -4.12. The molecule has 0 radical (unpaired) electrons. The molecule has 0 unspecified atom stereocenters. The van der Waals surface area contributed by atoms with Gasteiger partial charge in [-0.2, -0.15) is 16.8 Å². The van der Waals surface area contributed by atoms with Crippen LogP contribution in [0.4, 0.5) is 0 Å². The lowest BCUT2D eigenvalue weighted by Gasteiger charge is -2.18. The molecule has 0 aromatic heterocycles. The molecule has 10 heteroatoms. The van der Waals surface area contributed by atoms with Crippen LogP contribution < -0.4 is 0 Å². The van der Waals surface area contributed by atoms with Gasteiger partial charge in [-0.1, -0.05) is 35.4 Å². The molecule has 0 bridgehead atoms. The van der Waals surface area contributed by atoms with Crippen LogP contribution in [0.25, 0.3) is 0 Å². The summed E-state index contributed by atoms with van der Waals surface area (Å²) in [7, 11) is -8.20. The molecule has 1 fully saturated rings. The Hall–Kier alpha value is -1.82. The minimum Gasteiger partial charge on any atom is -0.368 e. The molecule has 0 amide bonds. The average molecular weight is 443 g/mol. The molecule has 1 aliphatic rings. The predicted octanol–water partition coefficient (Wildman–Crippen LogP) is 1.89. The second-order valence-corrected chi connectivity index (χ2v) is 10.0. The van der Waals surface area contributed by atoms with E-state index in [2.05, 4.69) is 0 Å². The molecule has 158 valence electrons. The summed E-state index contributed by atoms with van der Waals surface area (Å²) < 4.78 is 65.1. The molecule has 8 nitrogen and oxygen atoms in total. The topological polar surface area (TPSA) is 116 Å². The first-order chi connectivity index (χ1) is 13.6. The molecule has 3 rings (SSSR count). The fourth-order valence-electron chi connectivity index (χ4n) is 2.80. The number of ether oxygens (including phenoxy) is 1. The van der Waals surface area contributed by atoms with Gasteiger partial charge in [0.25, 0.3) is 20.2 Å². The Kier molecular flexibility index (Phi) is 6.42. The summed E-state index contributed by atoms with van der Waals surface area (Å²) in [6.45, 7) is 3.14. The number of rotatable bonds is 7. The SMILES string of the molecule is Cc1ccc(S(=O)(=O)OC[C@H]2O[C@@H](O)C[C@H]2OS(=O)(=O)c2ccc(C)cc2)cc1. The molecule has 1 N–H and O–H groups in total. The van der Waals surface area contributed by atoms with E-state index >= 15 is 0 Å². The van der Waals surface area contributed by atoms with E-state index in [-0.39, 0.29) is 16.2 Å². The van der Waals surface area contributed by atoms with Gasteiger partial charge < -0.3 is 9.84 Å². The van der Waals surface area contributed by atoms with E-state index in [0.717, 1.165) is 11.1 Å². The van der Waals surface area contributed by atoms with Crippen molar-refractivity contribution in [1.82, 2.24) is 0 Å². The molecule has 0 aliphatic carbocycles. The number of hydrogen-bond donors (Lipinski definition) is 1. The fourth-order valence-corrected chi connectivity index (χ4v) is 4.82. The summed E-state index contributed by atoms with van der Waals surface area (Å²) in [5, 5.41) is 9.75. The highest BCUT2D eigenvalue weighted by atomic mass is 32.2. The maximum atomic E-state index is 12.5. The van der Waals surface area contributed by atoms with E-state index in [1.807, 2.05) is 13.8 Å². The summed E-state index contributed by atoms with van der Waals surface area (Å²) in [4.78, 5) is -0.0807. The second kappa shape index (κ2) is 8.50. The molecule has 0 saturated carbocycles. The van der Waals surface area contributed by atoms with E-state index in [0.29, 0.717) is 0 Å². The molecule has 29 heavy (non-hydrogen) atoms. The zero-order valence-electron chi connectivity index (χ0n) is 15.9. The lowest BCUT2D eigenvalue weighted by Crippen LogP contribution is -2.32. The molecule has 1 aliphatic heterocycles. The van der Waals surface area contributed by atoms with Crippen LogP contribution in [-0.2, 0) is 33.3 Å². The van der Waals surface area contributed by atoms with Crippen LogP contribution in [0.1, 0.15) is 17.5 Å². The first-order valence-corrected chi connectivity index (χ1v) is 11.7. The minimum absolute atomic E-state index is 0.0357. The van der Waals surface area contributed by atoms with Crippen molar-refractivity contribution < 1.29 is 35.0 Å². The van der Waals surface area contributed by atoms with Crippen LogP contribution in [-0.4, -0.2) is 47.0 Å². The molecular weight excluding hydrogens is 420 g/mol. The van der Waals surface area contributed by atoms with Gasteiger partial charge in [0.15, 0.2) is 6.29 Å². The van der Waals surface area contributed by atoms with Crippen molar-refractivity contribution >= 4 is 20.2 Å². The highest BCUT2D eigenvalue weighted by Gasteiger charge is 2.39. The summed E-state index contributed by atoms with van der Waals surface area (Å²) in [6, 6.07) is 12.2. The van der Waals surface area contributed by atoms with Crippen LogP contribution in [0.2, 0.25) is 0 Å². The predicted molar refractivity (Wildman–Crippen MR) is 103 cm³/mol. The van der Waals surface area contributed by atoms with Gasteiger partial charge in [-0.15, -0.1) is 0 Å². The summed E-state index contributed by atoms with van der Waals surface area (Å²) in [5.74, 6) is 0. The summed E-state index contributed by atoms with van der Waals surface area (Å²) in [5.41, 5.74) is 1.78. The largest absolute Gasteiger partial charge is 0.368 e. The third-order valence-electron chi connectivity index (χ3n) is 4.44. The number of aryl methyl sites for hydroxylation is 2. The van der Waals surface area contributed by atoms with Gasteiger partial charge in [0.2, 0.25) is 0 Å². The average Bonchev–Trinajstić information content (AvgIpc) is 2.99. The quantitative estimate of drug-likeness (QED) is 0.646. The Morgan fingerprint density at radius 2 is 1.38 bits per heavy atom. The first kappa shape index (κ1) is 21.9. The van der Waals surface area contributed by atoms with Crippen LogP contribution in [0, 0.1) is 13.8 Å². The lowest BCUT2D eigenvalue weighted by atomic mass is 10.2. The van der Waals surface area contributed by atoms with Gasteiger partial charge >= 0.3 is 0 Å². The molecule has 2 aromatic carbocycles. The Balaban J connectivity index is 1.70. The van der Waals surface area contributed by atoms with Crippen molar-refractivity contribution in [3.8, 4) is 0 Å². The summed E-state index contributed by atoms with van der Waals surface area (Å²) >= 11 is 0. The molecule has 2 aromatic rings. The maximum absolute atomic E-state index is 12.5. The Morgan fingerprint density at radius 1 is 0.897 bits per heavy atom. The van der Waals surface area contributed by atoms with Crippen molar-refractivity contribution in [3.63, 3.8) is 0 Å². The second-order valence-electron chi connectivity index (χ2n) is 6.82. The van der Waals surface area contributed by atoms with Crippen molar-refractivity contribution in [1.29, 1.82) is 0 Å². The lowest BCUT2D eigenvalue weighted by molar-refractivity contribution is -0.103. The van der Waals surface area contributed by atoms with E-state index in [1.54, 1.807) is 24.3 Å². The normalized spacial score (nSPS) is 22.7. The maximum Gasteiger partial charge on any atom is 0.297 e. The van der Waals surface area contributed by atoms with E-state index < -0.39 is 45.3 Å². The third kappa shape index (κ3) is 5.41. The third-order valence-corrected chi connectivity index (χ3v) is 7.08. The van der Waals surface area contributed by atoms with Crippen LogP contribution in [0.5, 0.6) is 0 Å². The van der Waals surface area contributed by atoms with Crippen molar-refractivity contribution in [3.05, 3.63) is 59.7 Å². The van der Waals surface area contributed by atoms with Crippen molar-refractivity contribution in [2.75, 3.05) is 6.61 Å². The van der Waals surface area contributed by atoms with Crippen LogP contribution >= 0.6 is 0 Å². The van der Waals surface area contributed by atoms with E-state index in [4.69, 9.17) is 13.1 Å². The van der Waals surface area contributed by atoms with Crippen LogP contribution in [0.3, 0.4) is 0 Å². The van der Waals surface area contributed by atoms with Gasteiger partial charge in [-0.3, -0.25) is 8.37 Å². The standard InChI is InChI=1S/C19H22O8S2/c1-13-3-7-15(8-4-13)28(21,22)25-12-18-17(11-19(20)26-18)27-29(23,24)16-9-5-14(2)6-10-16/h3-10,17-20H,11-12H2,1-2H3/t17-,18-,19-/m1/s1. The Bertz CT molecular complexity index is 1040. The smallest absolute Gasteiger partial charge is 0.297 e. The Labute approximate surface area is 170 Å². The number of benzene rings is 2. The molecular formula is C19H22O8S2. The van der Waals surface area contributed by atoms with Crippen molar-refractivity contribution in [2.45, 2.75) is 48.6 Å². The zero-order valence-corrected chi connectivity index (χ0v) is 17.5. The number of aliphatic hydroxyl groups excluding tert-OH is 1. The highest BCUT2D eigenvalue weighted by molar-refractivity contribution is 7.87. The van der Waals surface area contributed by atoms with Gasteiger partial charge in [-0.25, -0.2) is 0 Å². The highest BCUT2D eigenvalue weighted by Crippen LogP contribution is 2.27. The zero-order chi connectivity index (χ0) is 21.2. The van der Waals surface area contributed by atoms with Gasteiger partial charge in [0.1, 0.15) is 12.2 Å². The number of aliphatic hydroxyl groups is 1. The van der Waals surface area contributed by atoms with E-state index in [1.165, 1.54) is 24.3 Å². The van der Waals surface area contributed by atoms with Gasteiger partial charge in [-0.05, 0) is 38.1 Å². The van der Waals surface area contributed by atoms with Crippen molar-refractivity contribution in [2.24, 2.45) is 0 Å². The van der Waals surface area contributed by atoms with E-state index in [9.17, 15) is 21.9 Å².